The Hall–Kier alpha value is -1.06. The average molecular weight is 296 g/mol. The summed E-state index contributed by atoms with van der Waals surface area (Å²) in [5.74, 6) is 0.138. The number of hydrogen-bond donors (Lipinski definition) is 1. The number of carboxylic acid groups (broad SMARTS) is 1. The number of carbonyl (C=O) groups is 1. The molecule has 0 saturated heterocycles. The van der Waals surface area contributed by atoms with E-state index in [1.165, 1.54) is 18.4 Å². The van der Waals surface area contributed by atoms with Crippen LogP contribution in [0, 0.1) is 5.92 Å². The molecular formula is C16H22ClNO2. The van der Waals surface area contributed by atoms with Gasteiger partial charge in [-0.05, 0) is 55.8 Å². The smallest absolute Gasteiger partial charge is 0.303 e. The summed E-state index contributed by atoms with van der Waals surface area (Å²) in [5, 5.41) is 9.49. The van der Waals surface area contributed by atoms with Gasteiger partial charge in [-0.25, -0.2) is 0 Å². The molecule has 110 valence electrons. The predicted molar refractivity (Wildman–Crippen MR) is 81.2 cm³/mol. The molecule has 0 aromatic heterocycles. The fourth-order valence-electron chi connectivity index (χ4n) is 2.35. The molecule has 0 heterocycles. The molecule has 20 heavy (non-hydrogen) atoms. The van der Waals surface area contributed by atoms with E-state index in [-0.39, 0.29) is 6.42 Å². The normalized spacial score (nSPS) is 14.7. The molecule has 1 aromatic rings. The van der Waals surface area contributed by atoms with Gasteiger partial charge in [0.1, 0.15) is 0 Å². The molecule has 0 aliphatic heterocycles. The third kappa shape index (κ3) is 5.93. The Morgan fingerprint density at radius 3 is 2.55 bits per heavy atom. The molecule has 1 saturated carbocycles. The Kier molecular flexibility index (Phi) is 5.86. The second kappa shape index (κ2) is 7.65. The van der Waals surface area contributed by atoms with Gasteiger partial charge in [-0.2, -0.15) is 0 Å². The maximum Gasteiger partial charge on any atom is 0.303 e. The number of aliphatic carboxylic acids is 1. The van der Waals surface area contributed by atoms with E-state index in [9.17, 15) is 4.79 Å². The lowest BCUT2D eigenvalue weighted by Gasteiger charge is -2.22. The van der Waals surface area contributed by atoms with Crippen molar-refractivity contribution in [2.24, 2.45) is 5.92 Å². The van der Waals surface area contributed by atoms with E-state index >= 15 is 0 Å². The van der Waals surface area contributed by atoms with Crippen LogP contribution in [-0.4, -0.2) is 35.6 Å². The maximum atomic E-state index is 10.6. The highest BCUT2D eigenvalue weighted by molar-refractivity contribution is 6.30. The second-order valence-corrected chi connectivity index (χ2v) is 6.05. The van der Waals surface area contributed by atoms with Gasteiger partial charge >= 0.3 is 5.97 Å². The largest absolute Gasteiger partial charge is 0.481 e. The lowest BCUT2D eigenvalue weighted by molar-refractivity contribution is -0.137. The maximum absolute atomic E-state index is 10.6. The molecule has 3 nitrogen and oxygen atoms in total. The van der Waals surface area contributed by atoms with Crippen molar-refractivity contribution < 1.29 is 9.90 Å². The summed E-state index contributed by atoms with van der Waals surface area (Å²) < 4.78 is 0. The fourth-order valence-corrected chi connectivity index (χ4v) is 2.48. The zero-order valence-corrected chi connectivity index (χ0v) is 12.5. The fraction of sp³-hybridized carbons (Fsp3) is 0.562. The number of halogens is 1. The van der Waals surface area contributed by atoms with E-state index in [1.54, 1.807) is 0 Å². The Morgan fingerprint density at radius 1 is 1.25 bits per heavy atom. The third-order valence-electron chi connectivity index (χ3n) is 3.71. The molecule has 0 radical (unpaired) electrons. The monoisotopic (exact) mass is 295 g/mol. The van der Waals surface area contributed by atoms with Gasteiger partial charge < -0.3 is 10.0 Å². The molecular weight excluding hydrogens is 274 g/mol. The Bertz CT molecular complexity index is 429. The molecule has 1 aliphatic rings. The first-order valence-corrected chi connectivity index (χ1v) is 7.70. The van der Waals surface area contributed by atoms with Crippen molar-refractivity contribution in [2.75, 3.05) is 19.6 Å². The standard InChI is InChI=1S/C16H22ClNO2/c17-15-7-5-13(6-8-15)9-11-18(12-14-3-4-14)10-1-2-16(19)20/h5-8,14H,1-4,9-12H2,(H,19,20). The van der Waals surface area contributed by atoms with Crippen molar-refractivity contribution in [1.82, 2.24) is 4.90 Å². The lowest BCUT2D eigenvalue weighted by atomic mass is 10.1. The molecule has 1 fully saturated rings. The van der Waals surface area contributed by atoms with Gasteiger partial charge in [0.05, 0.1) is 0 Å². The average Bonchev–Trinajstić information content (AvgIpc) is 3.21. The van der Waals surface area contributed by atoms with Crippen LogP contribution in [0.15, 0.2) is 24.3 Å². The summed E-state index contributed by atoms with van der Waals surface area (Å²) in [4.78, 5) is 13.0. The minimum absolute atomic E-state index is 0.266. The Balaban J connectivity index is 1.76. The van der Waals surface area contributed by atoms with Crippen LogP contribution in [0.1, 0.15) is 31.2 Å². The van der Waals surface area contributed by atoms with E-state index < -0.39 is 5.97 Å². The van der Waals surface area contributed by atoms with E-state index in [4.69, 9.17) is 16.7 Å². The topological polar surface area (TPSA) is 40.5 Å². The molecule has 0 unspecified atom stereocenters. The highest BCUT2D eigenvalue weighted by atomic mass is 35.5. The van der Waals surface area contributed by atoms with E-state index in [1.807, 2.05) is 12.1 Å². The minimum atomic E-state index is -0.700. The zero-order valence-electron chi connectivity index (χ0n) is 11.7. The van der Waals surface area contributed by atoms with Crippen molar-refractivity contribution in [2.45, 2.75) is 32.1 Å². The summed E-state index contributed by atoms with van der Waals surface area (Å²) in [6, 6.07) is 7.98. The molecule has 0 atom stereocenters. The van der Waals surface area contributed by atoms with Crippen LogP contribution in [0.3, 0.4) is 0 Å². The summed E-state index contributed by atoms with van der Waals surface area (Å²) in [5.41, 5.74) is 1.29. The first kappa shape index (κ1) is 15.3. The van der Waals surface area contributed by atoms with Gasteiger partial charge in [-0.1, -0.05) is 23.7 Å². The number of nitrogens with zero attached hydrogens (tertiary/aromatic N) is 1. The van der Waals surface area contributed by atoms with Gasteiger partial charge in [-0.3, -0.25) is 4.79 Å². The number of rotatable bonds is 9. The highest BCUT2D eigenvalue weighted by Gasteiger charge is 2.23. The summed E-state index contributed by atoms with van der Waals surface area (Å²) >= 11 is 5.88. The summed E-state index contributed by atoms with van der Waals surface area (Å²) in [6.07, 6.45) is 4.66. The molecule has 1 N–H and O–H groups in total. The van der Waals surface area contributed by atoms with Crippen molar-refractivity contribution >= 4 is 17.6 Å². The third-order valence-corrected chi connectivity index (χ3v) is 3.96. The van der Waals surface area contributed by atoms with Gasteiger partial charge in [-0.15, -0.1) is 0 Å². The molecule has 4 heteroatoms. The highest BCUT2D eigenvalue weighted by Crippen LogP contribution is 2.29. The van der Waals surface area contributed by atoms with Crippen molar-refractivity contribution in [3.05, 3.63) is 34.9 Å². The van der Waals surface area contributed by atoms with Crippen molar-refractivity contribution in [1.29, 1.82) is 0 Å². The predicted octanol–water partition coefficient (Wildman–Crippen LogP) is 3.46. The van der Waals surface area contributed by atoms with Crippen LogP contribution >= 0.6 is 11.6 Å². The molecule has 0 amide bonds. The van der Waals surface area contributed by atoms with Gasteiger partial charge in [0.15, 0.2) is 0 Å². The van der Waals surface area contributed by atoms with Gasteiger partial charge in [0, 0.05) is 24.5 Å². The van der Waals surface area contributed by atoms with Crippen molar-refractivity contribution in [3.8, 4) is 0 Å². The first-order chi connectivity index (χ1) is 9.63. The molecule has 0 spiro atoms. The molecule has 0 bridgehead atoms. The van der Waals surface area contributed by atoms with E-state index in [2.05, 4.69) is 17.0 Å². The molecule has 1 aromatic carbocycles. The molecule has 1 aliphatic carbocycles. The van der Waals surface area contributed by atoms with E-state index in [0.29, 0.717) is 0 Å². The Morgan fingerprint density at radius 2 is 1.95 bits per heavy atom. The number of hydrogen-bond acceptors (Lipinski definition) is 2. The Labute approximate surface area is 125 Å². The van der Waals surface area contributed by atoms with Crippen LogP contribution in [-0.2, 0) is 11.2 Å². The number of benzene rings is 1. The zero-order chi connectivity index (χ0) is 14.4. The SMILES string of the molecule is O=C(O)CCCN(CCc1ccc(Cl)cc1)CC1CC1. The minimum Gasteiger partial charge on any atom is -0.481 e. The van der Waals surface area contributed by atoms with Gasteiger partial charge in [0.25, 0.3) is 0 Å². The van der Waals surface area contributed by atoms with Crippen LogP contribution in [0.4, 0.5) is 0 Å². The first-order valence-electron chi connectivity index (χ1n) is 7.32. The second-order valence-electron chi connectivity index (χ2n) is 5.62. The molecule has 2 rings (SSSR count). The quantitative estimate of drug-likeness (QED) is 0.758. The van der Waals surface area contributed by atoms with Crippen LogP contribution in [0.25, 0.3) is 0 Å². The van der Waals surface area contributed by atoms with E-state index in [0.717, 1.165) is 43.4 Å². The van der Waals surface area contributed by atoms with Crippen molar-refractivity contribution in [3.63, 3.8) is 0 Å². The van der Waals surface area contributed by atoms with Crippen LogP contribution in [0.5, 0.6) is 0 Å². The summed E-state index contributed by atoms with van der Waals surface area (Å²) in [7, 11) is 0. The lowest BCUT2D eigenvalue weighted by Crippen LogP contribution is -2.29. The number of carboxylic acids is 1. The summed E-state index contributed by atoms with van der Waals surface area (Å²) in [6.45, 7) is 3.00. The van der Waals surface area contributed by atoms with Crippen LogP contribution in [0.2, 0.25) is 5.02 Å². The van der Waals surface area contributed by atoms with Gasteiger partial charge in [0.2, 0.25) is 0 Å². The van der Waals surface area contributed by atoms with Crippen LogP contribution < -0.4 is 0 Å².